The van der Waals surface area contributed by atoms with Crippen LogP contribution in [0.5, 0.6) is 0 Å². The van der Waals surface area contributed by atoms with E-state index in [9.17, 15) is 14.4 Å². The fourth-order valence-electron chi connectivity index (χ4n) is 3.51. The molecule has 216 valence electrons. The minimum absolute atomic E-state index is 0.0787. The quantitative estimate of drug-likeness (QED) is 0.132. The largest absolute Gasteiger partial charge is 0.382 e. The molecule has 3 aromatic rings. The summed E-state index contributed by atoms with van der Waals surface area (Å²) in [6.07, 6.45) is 2.07. The fourth-order valence-corrected chi connectivity index (χ4v) is 4.15. The summed E-state index contributed by atoms with van der Waals surface area (Å²) in [6, 6.07) is 21.3. The van der Waals surface area contributed by atoms with E-state index in [1.54, 1.807) is 0 Å². The van der Waals surface area contributed by atoms with E-state index in [1.807, 2.05) is 73.7 Å². The number of amides is 3. The van der Waals surface area contributed by atoms with Crippen LogP contribution in [0, 0.1) is 6.92 Å². The molecule has 3 aromatic carbocycles. The van der Waals surface area contributed by atoms with Crippen molar-refractivity contribution in [3.63, 3.8) is 0 Å². The van der Waals surface area contributed by atoms with E-state index in [-0.39, 0.29) is 30.9 Å². The zero-order valence-corrected chi connectivity index (χ0v) is 24.4. The van der Waals surface area contributed by atoms with Crippen molar-refractivity contribution in [2.24, 2.45) is 0 Å². The Hall–Kier alpha value is -3.44. The van der Waals surface area contributed by atoms with Crippen LogP contribution < -0.4 is 20.8 Å². The van der Waals surface area contributed by atoms with Gasteiger partial charge in [-0.15, -0.1) is 0 Å². The van der Waals surface area contributed by atoms with E-state index in [0.29, 0.717) is 13.2 Å². The number of ether oxygens (including phenoxy) is 1. The van der Waals surface area contributed by atoms with Crippen molar-refractivity contribution < 1.29 is 24.0 Å². The first-order chi connectivity index (χ1) is 19.3. The van der Waals surface area contributed by atoms with Crippen LogP contribution in [-0.2, 0) is 30.5 Å². The van der Waals surface area contributed by atoms with Crippen LogP contribution in [0.2, 0.25) is 0 Å². The first-order valence-electron chi connectivity index (χ1n) is 13.2. The number of carbonyl (C=O) groups is 3. The molecule has 0 fully saturated rings. The number of rotatable bonds is 14. The molecule has 1 atom stereocenters. The lowest BCUT2D eigenvalue weighted by Crippen LogP contribution is -2.50. The Morgan fingerprint density at radius 1 is 0.975 bits per heavy atom. The van der Waals surface area contributed by atoms with Crippen molar-refractivity contribution in [3.8, 4) is 0 Å². The molecule has 0 saturated carbocycles. The molecule has 0 bridgehead atoms. The Morgan fingerprint density at radius 2 is 1.70 bits per heavy atom. The van der Waals surface area contributed by atoms with Crippen LogP contribution in [0.3, 0.4) is 0 Å². The molecule has 0 aliphatic heterocycles. The summed E-state index contributed by atoms with van der Waals surface area (Å²) in [5, 5.41) is 7.86. The summed E-state index contributed by atoms with van der Waals surface area (Å²) in [5.74, 6) is -0.706. The third kappa shape index (κ3) is 12.6. The van der Waals surface area contributed by atoms with Gasteiger partial charge in [-0.2, -0.15) is 0 Å². The van der Waals surface area contributed by atoms with Gasteiger partial charge in [0.2, 0.25) is 17.7 Å². The average Bonchev–Trinajstić information content (AvgIpc) is 2.95. The van der Waals surface area contributed by atoms with Crippen molar-refractivity contribution in [1.82, 2.24) is 20.8 Å². The molecule has 10 heteroatoms. The molecule has 40 heavy (non-hydrogen) atoms. The summed E-state index contributed by atoms with van der Waals surface area (Å²) in [7, 11) is 1.50. The van der Waals surface area contributed by atoms with E-state index >= 15 is 0 Å². The number of unbranched alkanes of at least 4 members (excludes halogenated alkanes) is 1. The van der Waals surface area contributed by atoms with E-state index < -0.39 is 6.04 Å². The van der Waals surface area contributed by atoms with Gasteiger partial charge in [0, 0.05) is 25.5 Å². The zero-order chi connectivity index (χ0) is 29.2. The van der Waals surface area contributed by atoms with Gasteiger partial charge in [-0.1, -0.05) is 73.5 Å². The molecule has 0 spiro atoms. The molecule has 0 aliphatic rings. The van der Waals surface area contributed by atoms with Gasteiger partial charge in [0.1, 0.15) is 6.04 Å². The van der Waals surface area contributed by atoms with Crippen molar-refractivity contribution in [2.45, 2.75) is 51.1 Å². The lowest BCUT2D eigenvalue weighted by Gasteiger charge is -2.18. The molecule has 3 amide bonds. The summed E-state index contributed by atoms with van der Waals surface area (Å²) in [5.41, 5.74) is 4.44. The van der Waals surface area contributed by atoms with Crippen LogP contribution in [-0.4, -0.2) is 50.6 Å². The standard InChI is InChI=1S/C24H27N3O3S.C6H13NO2/c1-17-10-12-20(13-11-17)31-26-15-23(28)27-22(16-30-2)24(29)25-14-19-8-5-7-18-6-3-4-9-21(18)19;1-3-4-5-9-7-6(2)8/h3-13,22,26H,14-16H2,1-2H3,(H,25,29)(H,27,28);3-5H2,1-2H3,(H,7,8). The number of hydroxylamine groups is 1. The fraction of sp³-hybridized carbons (Fsp3) is 0.367. The number of aryl methyl sites for hydroxylation is 1. The number of hydrogen-bond acceptors (Lipinski definition) is 7. The smallest absolute Gasteiger partial charge is 0.245 e. The molecule has 9 nitrogen and oxygen atoms in total. The monoisotopic (exact) mass is 568 g/mol. The number of carbonyl (C=O) groups excluding carboxylic acids is 3. The normalized spacial score (nSPS) is 11.2. The molecule has 0 saturated heterocycles. The highest BCUT2D eigenvalue weighted by Crippen LogP contribution is 2.18. The van der Waals surface area contributed by atoms with Gasteiger partial charge >= 0.3 is 0 Å². The third-order valence-electron chi connectivity index (χ3n) is 5.58. The minimum Gasteiger partial charge on any atom is -0.382 e. The first kappa shape index (κ1) is 32.8. The lowest BCUT2D eigenvalue weighted by atomic mass is 10.0. The third-order valence-corrected chi connectivity index (χ3v) is 6.37. The molecule has 1 unspecified atom stereocenters. The second kappa shape index (κ2) is 18.8. The highest BCUT2D eigenvalue weighted by Gasteiger charge is 2.20. The maximum absolute atomic E-state index is 12.7. The van der Waals surface area contributed by atoms with Crippen LogP contribution in [0.4, 0.5) is 0 Å². The molecule has 0 aromatic heterocycles. The van der Waals surface area contributed by atoms with Crippen molar-refractivity contribution in [3.05, 3.63) is 77.9 Å². The molecule has 0 heterocycles. The van der Waals surface area contributed by atoms with E-state index in [1.165, 1.54) is 31.5 Å². The Bertz CT molecular complexity index is 1200. The molecular formula is C30H40N4O5S. The predicted molar refractivity (Wildman–Crippen MR) is 159 cm³/mol. The predicted octanol–water partition coefficient (Wildman–Crippen LogP) is 4.05. The summed E-state index contributed by atoms with van der Waals surface area (Å²) in [6.45, 7) is 6.67. The second-order valence-electron chi connectivity index (χ2n) is 9.03. The first-order valence-corrected chi connectivity index (χ1v) is 14.0. The SMILES string of the molecule is CCCCONC(C)=O.COCC(NC(=O)CNSc1ccc(C)cc1)C(=O)NCc1cccc2ccccc12. The van der Waals surface area contributed by atoms with Crippen LogP contribution in [0.15, 0.2) is 71.6 Å². The van der Waals surface area contributed by atoms with Crippen LogP contribution >= 0.6 is 11.9 Å². The Labute approximate surface area is 240 Å². The van der Waals surface area contributed by atoms with Gasteiger partial charge in [-0.05, 0) is 53.8 Å². The Balaban J connectivity index is 0.000000536. The van der Waals surface area contributed by atoms with Crippen molar-refractivity contribution in [2.75, 3.05) is 26.9 Å². The molecule has 3 rings (SSSR count). The number of nitrogens with one attached hydrogen (secondary N) is 4. The number of fused-ring (bicyclic) bond motifs is 1. The summed E-state index contributed by atoms with van der Waals surface area (Å²) < 4.78 is 8.15. The topological polar surface area (TPSA) is 118 Å². The van der Waals surface area contributed by atoms with Gasteiger partial charge < -0.3 is 15.4 Å². The summed E-state index contributed by atoms with van der Waals surface area (Å²) in [4.78, 5) is 40.9. The Kier molecular flexibility index (Phi) is 15.4. The second-order valence-corrected chi connectivity index (χ2v) is 9.99. The number of benzene rings is 3. The Morgan fingerprint density at radius 3 is 2.40 bits per heavy atom. The van der Waals surface area contributed by atoms with E-state index in [4.69, 9.17) is 9.57 Å². The van der Waals surface area contributed by atoms with Crippen LogP contribution in [0.25, 0.3) is 10.8 Å². The number of hydrogen-bond donors (Lipinski definition) is 4. The van der Waals surface area contributed by atoms with Gasteiger partial charge in [0.25, 0.3) is 0 Å². The van der Waals surface area contributed by atoms with Crippen molar-refractivity contribution >= 4 is 40.4 Å². The van der Waals surface area contributed by atoms with Gasteiger partial charge in [0.05, 0.1) is 19.8 Å². The zero-order valence-electron chi connectivity index (χ0n) is 23.6. The van der Waals surface area contributed by atoms with Gasteiger partial charge in [-0.3, -0.25) is 23.9 Å². The van der Waals surface area contributed by atoms with Crippen LogP contribution in [0.1, 0.15) is 37.8 Å². The average molecular weight is 569 g/mol. The highest BCUT2D eigenvalue weighted by atomic mass is 32.2. The van der Waals surface area contributed by atoms with Gasteiger partial charge in [0.15, 0.2) is 0 Å². The molecule has 4 N–H and O–H groups in total. The molecule has 0 aliphatic carbocycles. The minimum atomic E-state index is -0.765. The molecular weight excluding hydrogens is 528 g/mol. The maximum Gasteiger partial charge on any atom is 0.245 e. The van der Waals surface area contributed by atoms with Crippen molar-refractivity contribution in [1.29, 1.82) is 0 Å². The highest BCUT2D eigenvalue weighted by molar-refractivity contribution is 7.97. The van der Waals surface area contributed by atoms with Gasteiger partial charge in [-0.25, -0.2) is 5.48 Å². The van der Waals surface area contributed by atoms with E-state index in [0.717, 1.165) is 34.1 Å². The lowest BCUT2D eigenvalue weighted by molar-refractivity contribution is -0.131. The molecule has 0 radical (unpaired) electrons. The maximum atomic E-state index is 12.7. The summed E-state index contributed by atoms with van der Waals surface area (Å²) >= 11 is 1.37. The number of methoxy groups -OCH3 is 1. The van der Waals surface area contributed by atoms with E-state index in [2.05, 4.69) is 27.8 Å².